The van der Waals surface area contributed by atoms with E-state index in [2.05, 4.69) is 54.8 Å². The molecule has 0 bridgehead atoms. The zero-order valence-electron chi connectivity index (χ0n) is 19.5. The molecule has 0 spiro atoms. The molecule has 1 heterocycles. The molecule has 1 aromatic carbocycles. The number of nitrogens with one attached hydrogen (secondary N) is 1. The van der Waals surface area contributed by atoms with Gasteiger partial charge in [0, 0.05) is 22.1 Å². The number of H-pyrrole nitrogens is 1. The summed E-state index contributed by atoms with van der Waals surface area (Å²) in [6.45, 7) is 13.7. The maximum Gasteiger partial charge on any atom is 0.357 e. The molecule has 0 amide bonds. The second-order valence-electron chi connectivity index (χ2n) is 9.92. The zero-order chi connectivity index (χ0) is 22.8. The fourth-order valence-electron chi connectivity index (χ4n) is 3.80. The molecular weight excluding hydrogens is 472 g/mol. The minimum Gasteiger partial charge on any atom is -0.461 e. The number of halogens is 1. The first-order valence-electron chi connectivity index (χ1n) is 11.2. The molecule has 0 unspecified atom stereocenters. The van der Waals surface area contributed by atoms with E-state index in [-0.39, 0.29) is 11.0 Å². The highest BCUT2D eigenvalue weighted by Gasteiger charge is 2.40. The molecule has 7 heteroatoms. The highest BCUT2D eigenvalue weighted by Crippen LogP contribution is 2.41. The average molecular weight is 508 g/mol. The second kappa shape index (κ2) is 9.59. The van der Waals surface area contributed by atoms with Crippen molar-refractivity contribution >= 4 is 30.2 Å². The molecule has 0 aliphatic heterocycles. The molecule has 2 aromatic rings. The summed E-state index contributed by atoms with van der Waals surface area (Å²) in [4.78, 5) is 20.8. The summed E-state index contributed by atoms with van der Waals surface area (Å²) in [5.41, 5.74) is 2.02. The fourth-order valence-corrected chi connectivity index (χ4v) is 5.49. The van der Waals surface area contributed by atoms with Crippen molar-refractivity contribution in [2.45, 2.75) is 83.5 Å². The first-order chi connectivity index (χ1) is 14.5. The summed E-state index contributed by atoms with van der Waals surface area (Å²) in [6, 6.07) is 7.86. The van der Waals surface area contributed by atoms with Crippen LogP contribution in [-0.4, -0.2) is 37.0 Å². The number of imidazole rings is 1. The van der Waals surface area contributed by atoms with Gasteiger partial charge in [0.15, 0.2) is 14.0 Å². The molecule has 3 rings (SSSR count). The number of nitrogens with zero attached hydrogens (tertiary/aromatic N) is 1. The number of aromatic nitrogens is 2. The zero-order valence-corrected chi connectivity index (χ0v) is 22.1. The van der Waals surface area contributed by atoms with Gasteiger partial charge in [-0.2, -0.15) is 0 Å². The summed E-state index contributed by atoms with van der Waals surface area (Å²) in [6.07, 6.45) is 4.40. The molecule has 1 N–H and O–H groups in total. The van der Waals surface area contributed by atoms with Crippen LogP contribution in [-0.2, 0) is 9.16 Å². The van der Waals surface area contributed by atoms with E-state index in [1.165, 1.54) is 0 Å². The highest BCUT2D eigenvalue weighted by atomic mass is 79.9. The Bertz CT molecular complexity index is 895. The number of carbonyl (C=O) groups is 1. The van der Waals surface area contributed by atoms with E-state index in [0.717, 1.165) is 41.5 Å². The van der Waals surface area contributed by atoms with Gasteiger partial charge in [-0.15, -0.1) is 0 Å². The number of hydrogen-bond donors (Lipinski definition) is 1. The summed E-state index contributed by atoms with van der Waals surface area (Å²) in [7, 11) is -1.76. The topological polar surface area (TPSA) is 64.2 Å². The lowest BCUT2D eigenvalue weighted by atomic mass is 9.87. The number of ether oxygens (including phenoxy) is 1. The monoisotopic (exact) mass is 506 g/mol. The van der Waals surface area contributed by atoms with Crippen molar-refractivity contribution in [2.75, 3.05) is 6.61 Å². The molecule has 1 aliphatic carbocycles. The Balaban J connectivity index is 1.77. The highest BCUT2D eigenvalue weighted by molar-refractivity contribution is 9.10. The van der Waals surface area contributed by atoms with Gasteiger partial charge in [-0.1, -0.05) is 48.8 Å². The van der Waals surface area contributed by atoms with Gasteiger partial charge in [-0.05, 0) is 62.9 Å². The summed E-state index contributed by atoms with van der Waals surface area (Å²) < 4.78 is 12.9. The van der Waals surface area contributed by atoms with E-state index in [0.29, 0.717) is 30.0 Å². The Labute approximate surface area is 195 Å². The lowest BCUT2D eigenvalue weighted by molar-refractivity contribution is 0.0520. The van der Waals surface area contributed by atoms with E-state index in [1.807, 2.05) is 31.2 Å². The van der Waals surface area contributed by atoms with Crippen molar-refractivity contribution in [1.82, 2.24) is 9.97 Å². The lowest BCUT2D eigenvalue weighted by Gasteiger charge is -2.41. The predicted octanol–water partition coefficient (Wildman–Crippen LogP) is 7.06. The maximum atomic E-state index is 12.6. The van der Waals surface area contributed by atoms with E-state index in [1.54, 1.807) is 0 Å². The van der Waals surface area contributed by atoms with E-state index < -0.39 is 8.32 Å². The van der Waals surface area contributed by atoms with Gasteiger partial charge in [-0.3, -0.25) is 0 Å². The summed E-state index contributed by atoms with van der Waals surface area (Å²) in [5, 5.41) is 0.221. The minimum atomic E-state index is -1.76. The lowest BCUT2D eigenvalue weighted by Crippen LogP contribution is -2.44. The van der Waals surface area contributed by atoms with Crippen molar-refractivity contribution in [3.63, 3.8) is 0 Å². The number of aromatic amines is 1. The van der Waals surface area contributed by atoms with Gasteiger partial charge in [-0.25, -0.2) is 9.78 Å². The standard InChI is InChI=1S/C24H35BrN2O3Si/c1-7-29-23(28)21-20(16-8-12-18(25)13-9-16)26-22(27-21)17-10-14-19(15-11-17)30-31(5,6)24(2,3)4/h8-9,12-13,17,19H,7,10-11,14-15H2,1-6H3,(H,26,27)/t17-,19+. The smallest absolute Gasteiger partial charge is 0.357 e. The Hall–Kier alpha value is -1.44. The Morgan fingerprint density at radius 1 is 1.16 bits per heavy atom. The normalized spacial score (nSPS) is 20.0. The molecule has 1 saturated carbocycles. The van der Waals surface area contributed by atoms with Gasteiger partial charge in [0.25, 0.3) is 0 Å². The minimum absolute atomic E-state index is 0.221. The summed E-state index contributed by atoms with van der Waals surface area (Å²) >= 11 is 3.47. The first kappa shape index (κ1) is 24.2. The van der Waals surface area contributed by atoms with Crippen molar-refractivity contribution < 1.29 is 14.0 Å². The molecule has 170 valence electrons. The summed E-state index contributed by atoms with van der Waals surface area (Å²) in [5.74, 6) is 0.831. The van der Waals surface area contributed by atoms with Crippen LogP contribution in [0.4, 0.5) is 0 Å². The molecule has 0 atom stereocenters. The molecular formula is C24H35BrN2O3Si. The second-order valence-corrected chi connectivity index (χ2v) is 15.6. The molecule has 31 heavy (non-hydrogen) atoms. The van der Waals surface area contributed by atoms with Crippen LogP contribution in [0.2, 0.25) is 18.1 Å². The van der Waals surface area contributed by atoms with Crippen molar-refractivity contribution in [3.05, 3.63) is 40.3 Å². The number of rotatable bonds is 6. The third kappa shape index (κ3) is 5.68. The third-order valence-corrected chi connectivity index (χ3v) is 11.7. The number of carbonyl (C=O) groups excluding carboxylic acids is 1. The van der Waals surface area contributed by atoms with Crippen LogP contribution in [0.1, 0.15) is 75.6 Å². The van der Waals surface area contributed by atoms with Gasteiger partial charge >= 0.3 is 5.97 Å². The van der Waals surface area contributed by atoms with E-state index in [9.17, 15) is 4.79 Å². The third-order valence-electron chi connectivity index (χ3n) is 6.65. The van der Waals surface area contributed by atoms with Gasteiger partial charge in [0.1, 0.15) is 11.5 Å². The molecule has 5 nitrogen and oxygen atoms in total. The van der Waals surface area contributed by atoms with Crippen LogP contribution in [0.15, 0.2) is 28.7 Å². The van der Waals surface area contributed by atoms with E-state index >= 15 is 0 Å². The molecule has 0 saturated heterocycles. The number of esters is 1. The van der Waals surface area contributed by atoms with Gasteiger partial charge in [0.2, 0.25) is 0 Å². The van der Waals surface area contributed by atoms with Crippen molar-refractivity contribution in [3.8, 4) is 11.3 Å². The fraction of sp³-hybridized carbons (Fsp3) is 0.583. The van der Waals surface area contributed by atoms with Crippen LogP contribution >= 0.6 is 15.9 Å². The average Bonchev–Trinajstić information content (AvgIpc) is 3.14. The van der Waals surface area contributed by atoms with Gasteiger partial charge < -0.3 is 14.1 Å². The molecule has 1 aromatic heterocycles. The SMILES string of the molecule is CCOC(=O)c1[nH]c([C@H]2CC[C@@H](O[Si](C)(C)C(C)(C)C)CC2)nc1-c1ccc(Br)cc1. The van der Waals surface area contributed by atoms with Crippen LogP contribution < -0.4 is 0 Å². The number of benzene rings is 1. The maximum absolute atomic E-state index is 12.6. The Morgan fingerprint density at radius 3 is 2.32 bits per heavy atom. The first-order valence-corrected chi connectivity index (χ1v) is 14.9. The van der Waals surface area contributed by atoms with Crippen molar-refractivity contribution in [1.29, 1.82) is 0 Å². The van der Waals surface area contributed by atoms with Gasteiger partial charge in [0.05, 0.1) is 6.61 Å². The van der Waals surface area contributed by atoms with Crippen LogP contribution in [0.25, 0.3) is 11.3 Å². The largest absolute Gasteiger partial charge is 0.461 e. The Kier molecular flexibility index (Phi) is 7.49. The molecule has 0 radical (unpaired) electrons. The van der Waals surface area contributed by atoms with E-state index in [4.69, 9.17) is 14.1 Å². The number of hydrogen-bond acceptors (Lipinski definition) is 4. The molecule has 1 fully saturated rings. The molecule has 1 aliphatic rings. The quantitative estimate of drug-likeness (QED) is 0.336. The Morgan fingerprint density at radius 2 is 1.77 bits per heavy atom. The van der Waals surface area contributed by atoms with Crippen LogP contribution in [0, 0.1) is 0 Å². The van der Waals surface area contributed by atoms with Crippen LogP contribution in [0.5, 0.6) is 0 Å². The van der Waals surface area contributed by atoms with Crippen molar-refractivity contribution in [2.24, 2.45) is 0 Å². The predicted molar refractivity (Wildman–Crippen MR) is 131 cm³/mol. The van der Waals surface area contributed by atoms with Crippen LogP contribution in [0.3, 0.4) is 0 Å².